The molecular weight excluding hydrogens is 236 g/mol. The topological polar surface area (TPSA) is 57.3 Å². The number of hydrogen-bond acceptors (Lipinski definition) is 5. The second-order valence-electron chi connectivity index (χ2n) is 4.35. The molecule has 2 rings (SSSR count). The number of carbonyl (C=O) groups excluding carboxylic acids is 1. The van der Waals surface area contributed by atoms with Gasteiger partial charge in [0.25, 0.3) is 0 Å². The van der Waals surface area contributed by atoms with Crippen LogP contribution in [0.3, 0.4) is 0 Å². The maximum Gasteiger partial charge on any atom is 0.223 e. The highest BCUT2D eigenvalue weighted by atomic mass is 32.1. The van der Waals surface area contributed by atoms with Crippen LogP contribution >= 0.6 is 11.3 Å². The minimum absolute atomic E-state index is 0.0681. The molecule has 0 saturated carbocycles. The van der Waals surface area contributed by atoms with Crippen LogP contribution in [0.15, 0.2) is 5.38 Å². The van der Waals surface area contributed by atoms with Gasteiger partial charge in [-0.05, 0) is 6.92 Å². The minimum atomic E-state index is -0.0681. The average molecular weight is 254 g/mol. The first-order valence-electron chi connectivity index (χ1n) is 5.82. The van der Waals surface area contributed by atoms with Crippen molar-refractivity contribution < 1.29 is 4.79 Å². The van der Waals surface area contributed by atoms with Gasteiger partial charge in [0.15, 0.2) is 5.13 Å². The van der Waals surface area contributed by atoms with Crippen molar-refractivity contribution >= 4 is 22.4 Å². The quantitative estimate of drug-likeness (QED) is 0.841. The molecule has 2 heterocycles. The maximum atomic E-state index is 10.9. The summed E-state index contributed by atoms with van der Waals surface area (Å²) in [5.74, 6) is -0.0681. The number of nitrogens with one attached hydrogen (secondary N) is 2. The summed E-state index contributed by atoms with van der Waals surface area (Å²) in [5, 5.41) is 8.78. The van der Waals surface area contributed by atoms with Crippen LogP contribution in [0, 0.1) is 0 Å². The summed E-state index contributed by atoms with van der Waals surface area (Å²) in [6.45, 7) is 7.69. The summed E-state index contributed by atoms with van der Waals surface area (Å²) in [5.41, 5.74) is 1.03. The van der Waals surface area contributed by atoms with Gasteiger partial charge in [0.1, 0.15) is 0 Å². The van der Waals surface area contributed by atoms with E-state index in [1.807, 2.05) is 5.38 Å². The predicted octanol–water partition coefficient (Wildman–Crippen LogP) is 0.895. The first kappa shape index (κ1) is 12.5. The number of nitrogens with zero attached hydrogens (tertiary/aromatic N) is 2. The molecule has 2 N–H and O–H groups in total. The second kappa shape index (κ2) is 5.57. The van der Waals surface area contributed by atoms with Crippen LogP contribution in [0.2, 0.25) is 0 Å². The van der Waals surface area contributed by atoms with Crippen LogP contribution in [0.4, 0.5) is 5.13 Å². The number of carbonyl (C=O) groups is 1. The van der Waals surface area contributed by atoms with Crippen molar-refractivity contribution in [2.24, 2.45) is 0 Å². The molecule has 1 atom stereocenters. The first-order chi connectivity index (χ1) is 8.15. The second-order valence-corrected chi connectivity index (χ2v) is 5.21. The van der Waals surface area contributed by atoms with Gasteiger partial charge in [0.2, 0.25) is 5.91 Å². The lowest BCUT2D eigenvalue weighted by atomic mass is 10.2. The molecule has 1 aromatic rings. The summed E-state index contributed by atoms with van der Waals surface area (Å²) < 4.78 is 0. The molecule has 0 aliphatic carbocycles. The molecular formula is C11H18N4OS. The minimum Gasteiger partial charge on any atom is -0.314 e. The van der Waals surface area contributed by atoms with Crippen molar-refractivity contribution in [1.29, 1.82) is 0 Å². The molecule has 94 valence electrons. The lowest BCUT2D eigenvalue weighted by Gasteiger charge is -2.33. The normalized spacial score (nSPS) is 21.4. The van der Waals surface area contributed by atoms with Crippen LogP contribution in [0.25, 0.3) is 0 Å². The first-order valence-corrected chi connectivity index (χ1v) is 6.70. The molecule has 0 radical (unpaired) electrons. The van der Waals surface area contributed by atoms with Crippen molar-refractivity contribution in [3.63, 3.8) is 0 Å². The van der Waals surface area contributed by atoms with E-state index >= 15 is 0 Å². The molecule has 1 fully saturated rings. The van der Waals surface area contributed by atoms with E-state index in [0.29, 0.717) is 11.2 Å². The number of hydrogen-bond donors (Lipinski definition) is 2. The van der Waals surface area contributed by atoms with Gasteiger partial charge < -0.3 is 10.6 Å². The van der Waals surface area contributed by atoms with E-state index in [9.17, 15) is 4.79 Å². The van der Waals surface area contributed by atoms with E-state index in [1.54, 1.807) is 0 Å². The van der Waals surface area contributed by atoms with E-state index in [0.717, 1.165) is 31.9 Å². The predicted molar refractivity (Wildman–Crippen MR) is 69.2 cm³/mol. The fraction of sp³-hybridized carbons (Fsp3) is 0.636. The Kier molecular flexibility index (Phi) is 4.09. The molecule has 6 heteroatoms. The van der Waals surface area contributed by atoms with Crippen LogP contribution < -0.4 is 10.6 Å². The number of amides is 1. The van der Waals surface area contributed by atoms with E-state index in [2.05, 4.69) is 27.4 Å². The summed E-state index contributed by atoms with van der Waals surface area (Å²) in [7, 11) is 0. The highest BCUT2D eigenvalue weighted by Crippen LogP contribution is 2.17. The van der Waals surface area contributed by atoms with Gasteiger partial charge in [-0.25, -0.2) is 4.98 Å². The van der Waals surface area contributed by atoms with Crippen LogP contribution in [0.5, 0.6) is 0 Å². The van der Waals surface area contributed by atoms with Gasteiger partial charge in [-0.1, -0.05) is 0 Å². The molecule has 1 aromatic heterocycles. The van der Waals surface area contributed by atoms with E-state index < -0.39 is 0 Å². The molecule has 5 nitrogen and oxygen atoms in total. The van der Waals surface area contributed by atoms with E-state index in [-0.39, 0.29) is 5.91 Å². The Bertz CT molecular complexity index is 393. The molecule has 0 aromatic carbocycles. The van der Waals surface area contributed by atoms with Crippen molar-refractivity contribution in [2.75, 3.05) is 25.0 Å². The largest absolute Gasteiger partial charge is 0.314 e. The average Bonchev–Trinajstić information content (AvgIpc) is 2.68. The van der Waals surface area contributed by atoms with E-state index in [1.165, 1.54) is 18.3 Å². The number of rotatable bonds is 3. The van der Waals surface area contributed by atoms with Gasteiger partial charge in [-0.3, -0.25) is 9.69 Å². The smallest absolute Gasteiger partial charge is 0.223 e. The lowest BCUT2D eigenvalue weighted by Crippen LogP contribution is -2.49. The molecule has 17 heavy (non-hydrogen) atoms. The lowest BCUT2D eigenvalue weighted by molar-refractivity contribution is -0.114. The fourth-order valence-electron chi connectivity index (χ4n) is 1.91. The van der Waals surface area contributed by atoms with Crippen LogP contribution in [-0.4, -0.2) is 41.5 Å². The zero-order chi connectivity index (χ0) is 12.3. The molecule has 1 aliphatic rings. The number of thiazole rings is 1. The van der Waals surface area contributed by atoms with E-state index in [4.69, 9.17) is 0 Å². The standard InChI is InChI=1S/C11H18N4OS/c1-8-5-12-3-4-15(8)6-10-7-17-11(14-10)13-9(2)16/h7-8,12H,3-6H2,1-2H3,(H,13,14,16). The zero-order valence-corrected chi connectivity index (χ0v) is 11.0. The van der Waals surface area contributed by atoms with Crippen LogP contribution in [0.1, 0.15) is 19.5 Å². The third kappa shape index (κ3) is 3.49. The molecule has 1 amide bonds. The maximum absolute atomic E-state index is 10.9. The third-order valence-electron chi connectivity index (χ3n) is 2.84. The van der Waals surface area contributed by atoms with Crippen LogP contribution in [-0.2, 0) is 11.3 Å². The summed E-state index contributed by atoms with van der Waals surface area (Å²) in [6.07, 6.45) is 0. The van der Waals surface area contributed by atoms with Gasteiger partial charge in [-0.15, -0.1) is 11.3 Å². The Morgan fingerprint density at radius 1 is 1.76 bits per heavy atom. The van der Waals surface area contributed by atoms with Gasteiger partial charge in [0, 0.05) is 44.5 Å². The number of anilines is 1. The Labute approximate surface area is 105 Å². The SMILES string of the molecule is CC(=O)Nc1nc(CN2CCNCC2C)cs1. The Hall–Kier alpha value is -0.980. The summed E-state index contributed by atoms with van der Waals surface area (Å²) in [4.78, 5) is 17.7. The monoisotopic (exact) mass is 254 g/mol. The van der Waals surface area contributed by atoms with Gasteiger partial charge >= 0.3 is 0 Å². The van der Waals surface area contributed by atoms with Crippen molar-refractivity contribution in [2.45, 2.75) is 26.4 Å². The highest BCUT2D eigenvalue weighted by molar-refractivity contribution is 7.13. The number of aromatic nitrogens is 1. The van der Waals surface area contributed by atoms with Gasteiger partial charge in [0.05, 0.1) is 5.69 Å². The highest BCUT2D eigenvalue weighted by Gasteiger charge is 2.18. The molecule has 0 bridgehead atoms. The van der Waals surface area contributed by atoms with Gasteiger partial charge in [-0.2, -0.15) is 0 Å². The zero-order valence-electron chi connectivity index (χ0n) is 10.2. The molecule has 1 saturated heterocycles. The Balaban J connectivity index is 1.93. The molecule has 0 spiro atoms. The fourth-order valence-corrected chi connectivity index (χ4v) is 2.66. The van der Waals surface area contributed by atoms with Crippen molar-refractivity contribution in [1.82, 2.24) is 15.2 Å². The molecule has 1 unspecified atom stereocenters. The Morgan fingerprint density at radius 3 is 3.29 bits per heavy atom. The number of piperazine rings is 1. The van der Waals surface area contributed by atoms with Crippen molar-refractivity contribution in [3.05, 3.63) is 11.1 Å². The van der Waals surface area contributed by atoms with Crippen molar-refractivity contribution in [3.8, 4) is 0 Å². The summed E-state index contributed by atoms with van der Waals surface area (Å²) >= 11 is 1.48. The summed E-state index contributed by atoms with van der Waals surface area (Å²) in [6, 6.07) is 0.537. The third-order valence-corrected chi connectivity index (χ3v) is 3.65. The Morgan fingerprint density at radius 2 is 2.59 bits per heavy atom. The molecule has 1 aliphatic heterocycles.